The van der Waals surface area contributed by atoms with E-state index in [1.54, 1.807) is 0 Å². The van der Waals surface area contributed by atoms with Crippen LogP contribution in [0.15, 0.2) is 54.6 Å². The summed E-state index contributed by atoms with van der Waals surface area (Å²) in [7, 11) is 6.88. The van der Waals surface area contributed by atoms with Crippen LogP contribution in [0.4, 0.5) is 0 Å². The molecule has 0 aliphatic rings. The second-order valence-electron chi connectivity index (χ2n) is 10.5. The zero-order chi connectivity index (χ0) is 21.7. The number of unbranched alkanes of at least 4 members (excludes halogenated alkanes) is 8. The van der Waals surface area contributed by atoms with E-state index in [1.165, 1.54) is 109 Å². The lowest BCUT2D eigenvalue weighted by molar-refractivity contribution is -0.870. The molecule has 0 aliphatic heterocycles. The van der Waals surface area contributed by atoms with E-state index in [0.717, 1.165) is 4.48 Å². The first kappa shape index (κ1) is 22.1. The van der Waals surface area contributed by atoms with Crippen LogP contribution >= 0.6 is 0 Å². The molecular formula is C30H40N+. The Bertz CT molecular complexity index is 1090. The maximum absolute atomic E-state index is 2.37. The molecule has 0 spiro atoms. The summed E-state index contributed by atoms with van der Waals surface area (Å²) in [6.45, 7) is 1.31. The molecule has 0 amide bonds. The third-order valence-electron chi connectivity index (χ3n) is 6.89. The predicted molar refractivity (Wildman–Crippen MR) is 138 cm³/mol. The van der Waals surface area contributed by atoms with E-state index >= 15 is 0 Å². The lowest BCUT2D eigenvalue weighted by atomic mass is 9.90. The lowest BCUT2D eigenvalue weighted by Gasteiger charge is -2.23. The van der Waals surface area contributed by atoms with Gasteiger partial charge in [0.05, 0.1) is 27.7 Å². The average molecular weight is 415 g/mol. The van der Waals surface area contributed by atoms with E-state index in [2.05, 4.69) is 75.7 Å². The molecular weight excluding hydrogens is 374 g/mol. The van der Waals surface area contributed by atoms with E-state index in [1.807, 2.05) is 0 Å². The minimum atomic E-state index is 1.10. The van der Waals surface area contributed by atoms with Gasteiger partial charge in [-0.2, -0.15) is 0 Å². The number of benzene rings is 4. The van der Waals surface area contributed by atoms with Crippen molar-refractivity contribution >= 4 is 32.3 Å². The number of hydrogen-bond donors (Lipinski definition) is 0. The Morgan fingerprint density at radius 1 is 0.516 bits per heavy atom. The van der Waals surface area contributed by atoms with Crippen molar-refractivity contribution in [2.45, 2.75) is 64.2 Å². The third-order valence-corrected chi connectivity index (χ3v) is 6.89. The Hall–Kier alpha value is -2.12. The molecule has 4 aromatic rings. The third kappa shape index (κ3) is 5.57. The molecule has 4 rings (SSSR count). The Morgan fingerprint density at radius 2 is 1.03 bits per heavy atom. The van der Waals surface area contributed by atoms with Gasteiger partial charge in [-0.1, -0.05) is 93.1 Å². The van der Waals surface area contributed by atoms with E-state index < -0.39 is 0 Å². The molecule has 0 aromatic heterocycles. The first-order valence-corrected chi connectivity index (χ1v) is 12.5. The molecule has 4 aromatic carbocycles. The molecule has 0 aliphatic carbocycles. The lowest BCUT2D eigenvalue weighted by Crippen LogP contribution is -2.35. The van der Waals surface area contributed by atoms with Gasteiger partial charge in [-0.15, -0.1) is 0 Å². The van der Waals surface area contributed by atoms with Crippen LogP contribution in [0.3, 0.4) is 0 Å². The summed E-state index contributed by atoms with van der Waals surface area (Å²) < 4.78 is 1.10. The van der Waals surface area contributed by atoms with E-state index in [-0.39, 0.29) is 0 Å². The second kappa shape index (κ2) is 10.0. The number of hydrogen-bond acceptors (Lipinski definition) is 0. The Labute approximate surface area is 189 Å². The standard InChI is InChI=1S/C30H40N/c1-31(2,3)23-12-10-8-6-4-5-7-9-11-14-24-17-18-27-20-19-25-15-13-16-26-21-22-28(24)30(27)29(25)26/h13,15-22H,4-12,14,23H2,1-3H3/q+1. The summed E-state index contributed by atoms with van der Waals surface area (Å²) in [5.74, 6) is 0. The van der Waals surface area contributed by atoms with Gasteiger partial charge in [-0.05, 0) is 63.6 Å². The summed E-state index contributed by atoms with van der Waals surface area (Å²) in [4.78, 5) is 0. The average Bonchev–Trinajstić information content (AvgIpc) is 2.75. The summed E-state index contributed by atoms with van der Waals surface area (Å²) in [6, 6.07) is 20.6. The topological polar surface area (TPSA) is 0 Å². The molecule has 164 valence electrons. The van der Waals surface area contributed by atoms with Crippen molar-refractivity contribution in [2.24, 2.45) is 0 Å². The van der Waals surface area contributed by atoms with Crippen LogP contribution < -0.4 is 0 Å². The van der Waals surface area contributed by atoms with E-state index in [4.69, 9.17) is 0 Å². The summed E-state index contributed by atoms with van der Waals surface area (Å²) in [5, 5.41) is 8.50. The molecule has 0 saturated carbocycles. The van der Waals surface area contributed by atoms with Gasteiger partial charge < -0.3 is 4.48 Å². The quantitative estimate of drug-likeness (QED) is 0.124. The Morgan fingerprint density at radius 3 is 1.68 bits per heavy atom. The van der Waals surface area contributed by atoms with Crippen molar-refractivity contribution in [1.82, 2.24) is 0 Å². The zero-order valence-electron chi connectivity index (χ0n) is 19.9. The SMILES string of the molecule is C[N+](C)(C)CCCCCCCCCCCc1ccc2ccc3cccc4ccc1c2c34. The fourth-order valence-electron chi connectivity index (χ4n) is 5.15. The number of quaternary nitrogens is 1. The van der Waals surface area contributed by atoms with Crippen LogP contribution in [0.2, 0.25) is 0 Å². The van der Waals surface area contributed by atoms with Gasteiger partial charge in [-0.3, -0.25) is 0 Å². The summed E-state index contributed by atoms with van der Waals surface area (Å²) in [5.41, 5.74) is 1.53. The molecule has 0 heterocycles. The molecule has 31 heavy (non-hydrogen) atoms. The van der Waals surface area contributed by atoms with Crippen molar-refractivity contribution < 1.29 is 4.48 Å². The van der Waals surface area contributed by atoms with Gasteiger partial charge in [0.25, 0.3) is 0 Å². The van der Waals surface area contributed by atoms with Crippen LogP contribution in [-0.2, 0) is 6.42 Å². The van der Waals surface area contributed by atoms with Crippen molar-refractivity contribution in [2.75, 3.05) is 27.7 Å². The highest BCUT2D eigenvalue weighted by Gasteiger charge is 2.10. The zero-order valence-corrected chi connectivity index (χ0v) is 19.9. The summed E-state index contributed by atoms with van der Waals surface area (Å²) in [6.07, 6.45) is 13.7. The molecule has 0 atom stereocenters. The molecule has 1 nitrogen and oxygen atoms in total. The van der Waals surface area contributed by atoms with Crippen LogP contribution in [0, 0.1) is 0 Å². The van der Waals surface area contributed by atoms with Crippen LogP contribution in [0.5, 0.6) is 0 Å². The highest BCUT2D eigenvalue weighted by atomic mass is 15.3. The molecule has 0 unspecified atom stereocenters. The fourth-order valence-corrected chi connectivity index (χ4v) is 5.15. The van der Waals surface area contributed by atoms with Crippen molar-refractivity contribution in [3.63, 3.8) is 0 Å². The Kier molecular flexibility index (Phi) is 7.13. The van der Waals surface area contributed by atoms with Gasteiger partial charge >= 0.3 is 0 Å². The maximum Gasteiger partial charge on any atom is 0.0780 e. The minimum absolute atomic E-state index is 1.10. The fraction of sp³-hybridized carbons (Fsp3) is 0.467. The van der Waals surface area contributed by atoms with Crippen molar-refractivity contribution in [3.05, 3.63) is 60.2 Å². The monoisotopic (exact) mass is 414 g/mol. The minimum Gasteiger partial charge on any atom is -0.331 e. The largest absolute Gasteiger partial charge is 0.331 e. The van der Waals surface area contributed by atoms with Crippen molar-refractivity contribution in [3.8, 4) is 0 Å². The number of nitrogens with zero attached hydrogens (tertiary/aromatic N) is 1. The summed E-state index contributed by atoms with van der Waals surface area (Å²) >= 11 is 0. The van der Waals surface area contributed by atoms with E-state index in [0.29, 0.717) is 0 Å². The normalized spacial score (nSPS) is 12.5. The molecule has 0 radical (unpaired) electrons. The number of aryl methyl sites for hydroxylation is 1. The van der Waals surface area contributed by atoms with Gasteiger partial charge in [0.2, 0.25) is 0 Å². The second-order valence-corrected chi connectivity index (χ2v) is 10.5. The molecule has 1 heteroatoms. The molecule has 0 bridgehead atoms. The van der Waals surface area contributed by atoms with Gasteiger partial charge in [-0.25, -0.2) is 0 Å². The highest BCUT2D eigenvalue weighted by molar-refractivity contribution is 6.23. The first-order valence-electron chi connectivity index (χ1n) is 12.5. The van der Waals surface area contributed by atoms with Crippen molar-refractivity contribution in [1.29, 1.82) is 0 Å². The van der Waals surface area contributed by atoms with Gasteiger partial charge in [0.1, 0.15) is 0 Å². The first-order chi connectivity index (χ1) is 15.0. The Balaban J connectivity index is 1.23. The van der Waals surface area contributed by atoms with Crippen LogP contribution in [-0.4, -0.2) is 32.2 Å². The van der Waals surface area contributed by atoms with Gasteiger partial charge in [0.15, 0.2) is 0 Å². The molecule has 0 saturated heterocycles. The predicted octanol–water partition coefficient (Wildman–Crippen LogP) is 8.34. The van der Waals surface area contributed by atoms with E-state index in [9.17, 15) is 0 Å². The van der Waals surface area contributed by atoms with Crippen LogP contribution in [0.25, 0.3) is 32.3 Å². The van der Waals surface area contributed by atoms with Gasteiger partial charge in [0, 0.05) is 0 Å². The van der Waals surface area contributed by atoms with Crippen LogP contribution in [0.1, 0.15) is 63.4 Å². The molecule has 0 N–H and O–H groups in total. The highest BCUT2D eigenvalue weighted by Crippen LogP contribution is 2.36. The maximum atomic E-state index is 2.37. The molecule has 0 fully saturated rings. The smallest absolute Gasteiger partial charge is 0.0780 e. The number of rotatable bonds is 12.